The summed E-state index contributed by atoms with van der Waals surface area (Å²) in [6, 6.07) is 5.38. The van der Waals surface area contributed by atoms with Gasteiger partial charge in [0.25, 0.3) is 0 Å². The number of fused-ring (bicyclic) bond motifs is 1. The van der Waals surface area contributed by atoms with Gasteiger partial charge in [-0.2, -0.15) is 0 Å². The lowest BCUT2D eigenvalue weighted by molar-refractivity contribution is 0.0528. The highest BCUT2D eigenvalue weighted by atomic mass is 127. The molecule has 0 fully saturated rings. The maximum Gasteiger partial charge on any atom is 0.340 e. The second-order valence-electron chi connectivity index (χ2n) is 3.10. The quantitative estimate of drug-likeness (QED) is 0.483. The number of carbonyl (C=O) groups is 1. The van der Waals surface area contributed by atoms with Crippen LogP contribution in [0.3, 0.4) is 0 Å². The number of ether oxygens (including phenoxy) is 1. The Morgan fingerprint density at radius 1 is 1.50 bits per heavy atom. The number of para-hydroxylation sites is 1. The topological polar surface area (TPSA) is 52.1 Å². The van der Waals surface area contributed by atoms with Crippen LogP contribution in [0.15, 0.2) is 24.4 Å². The lowest BCUT2D eigenvalue weighted by Crippen LogP contribution is -2.06. The molecule has 1 heterocycles. The zero-order chi connectivity index (χ0) is 11.5. The van der Waals surface area contributed by atoms with Gasteiger partial charge in [0, 0.05) is 34.2 Å². The van der Waals surface area contributed by atoms with Crippen LogP contribution in [0.2, 0.25) is 0 Å². The molecule has 0 spiro atoms. The minimum atomic E-state index is -0.345. The Balaban J connectivity index is 2.60. The molecule has 0 saturated carbocycles. The summed E-state index contributed by atoms with van der Waals surface area (Å²) >= 11 is 2.01. The molecule has 82 valence electrons. The van der Waals surface area contributed by atoms with E-state index < -0.39 is 0 Å². The average molecular weight is 328 g/mol. The van der Waals surface area contributed by atoms with Gasteiger partial charge in [-0.3, -0.25) is 0 Å². The molecule has 0 bridgehead atoms. The van der Waals surface area contributed by atoms with Gasteiger partial charge in [-0.15, -0.1) is 0 Å². The van der Waals surface area contributed by atoms with E-state index in [1.54, 1.807) is 25.3 Å². The summed E-state index contributed by atoms with van der Waals surface area (Å²) in [5.41, 5.74) is 1.13. The first-order valence-electron chi connectivity index (χ1n) is 4.80. The molecule has 0 aliphatic rings. The Bertz CT molecular complexity index is 542. The predicted octanol–water partition coefficient (Wildman–Crippen LogP) is 2.41. The third-order valence-corrected chi connectivity index (χ3v) is 2.60. The number of hydrogen-bond donors (Lipinski definition) is 0. The second kappa shape index (κ2) is 4.73. The Labute approximate surface area is 106 Å². The molecule has 16 heavy (non-hydrogen) atoms. The van der Waals surface area contributed by atoms with Crippen LogP contribution in [0.4, 0.5) is 0 Å². The minimum Gasteiger partial charge on any atom is -0.462 e. The van der Waals surface area contributed by atoms with Crippen LogP contribution in [0, 0.1) is 3.83 Å². The third-order valence-electron chi connectivity index (χ3n) is 2.08. The van der Waals surface area contributed by atoms with Crippen molar-refractivity contribution in [2.75, 3.05) is 6.61 Å². The second-order valence-corrected chi connectivity index (χ2v) is 4.07. The van der Waals surface area contributed by atoms with Gasteiger partial charge in [0.05, 0.1) is 17.7 Å². The molecule has 0 unspecified atom stereocenters. The maximum absolute atomic E-state index is 11.7. The zero-order valence-electron chi connectivity index (χ0n) is 8.61. The molecule has 5 heteroatoms. The Kier molecular flexibility index (Phi) is 3.33. The molecule has 0 aliphatic carbocycles. The van der Waals surface area contributed by atoms with E-state index in [1.807, 2.05) is 28.7 Å². The highest BCUT2D eigenvalue weighted by Gasteiger charge is 2.12. The van der Waals surface area contributed by atoms with Gasteiger partial charge in [0.2, 0.25) is 0 Å². The average Bonchev–Trinajstić information content (AvgIpc) is 2.28. The van der Waals surface area contributed by atoms with Crippen molar-refractivity contribution >= 4 is 39.5 Å². The monoisotopic (exact) mass is 328 g/mol. The summed E-state index contributed by atoms with van der Waals surface area (Å²) in [6.45, 7) is 2.14. The van der Waals surface area contributed by atoms with E-state index in [0.717, 1.165) is 5.39 Å². The molecule has 1 aromatic carbocycles. The number of aromatic nitrogens is 2. The van der Waals surface area contributed by atoms with E-state index >= 15 is 0 Å². The summed E-state index contributed by atoms with van der Waals surface area (Å²) in [4.78, 5) is 20.0. The van der Waals surface area contributed by atoms with Crippen molar-refractivity contribution in [1.29, 1.82) is 0 Å². The van der Waals surface area contributed by atoms with Gasteiger partial charge >= 0.3 is 5.97 Å². The number of hydrogen-bond acceptors (Lipinski definition) is 4. The molecular formula is C11H9IN2O2. The molecule has 0 N–H and O–H groups in total. The number of benzene rings is 1. The number of esters is 1. The lowest BCUT2D eigenvalue weighted by atomic mass is 10.1. The highest BCUT2D eigenvalue weighted by molar-refractivity contribution is 14.1. The van der Waals surface area contributed by atoms with Gasteiger partial charge in [0.15, 0.2) is 3.83 Å². The normalized spacial score (nSPS) is 10.4. The van der Waals surface area contributed by atoms with Crippen molar-refractivity contribution < 1.29 is 9.53 Å². The molecule has 1 aromatic heterocycles. The SMILES string of the molecule is CCOC(=O)c1cccc2cnc(I)nc12. The van der Waals surface area contributed by atoms with Crippen LogP contribution < -0.4 is 0 Å². The van der Waals surface area contributed by atoms with Gasteiger partial charge in [0.1, 0.15) is 0 Å². The molecule has 0 saturated heterocycles. The van der Waals surface area contributed by atoms with E-state index in [0.29, 0.717) is 21.5 Å². The zero-order valence-corrected chi connectivity index (χ0v) is 10.8. The van der Waals surface area contributed by atoms with E-state index in [9.17, 15) is 4.79 Å². The van der Waals surface area contributed by atoms with Crippen molar-refractivity contribution in [3.05, 3.63) is 33.8 Å². The Hall–Kier alpha value is -1.24. The molecule has 0 amide bonds. The molecule has 2 rings (SSSR count). The summed E-state index contributed by atoms with van der Waals surface area (Å²) in [7, 11) is 0. The Morgan fingerprint density at radius 3 is 3.06 bits per heavy atom. The van der Waals surface area contributed by atoms with Gasteiger partial charge in [-0.1, -0.05) is 12.1 Å². The molecule has 0 aliphatic heterocycles. The van der Waals surface area contributed by atoms with Gasteiger partial charge < -0.3 is 4.74 Å². The van der Waals surface area contributed by atoms with Crippen LogP contribution >= 0.6 is 22.6 Å². The van der Waals surface area contributed by atoms with Crippen LogP contribution in [0.1, 0.15) is 17.3 Å². The minimum absolute atomic E-state index is 0.345. The molecule has 2 aromatic rings. The Morgan fingerprint density at radius 2 is 2.31 bits per heavy atom. The van der Waals surface area contributed by atoms with Gasteiger partial charge in [-0.25, -0.2) is 14.8 Å². The lowest BCUT2D eigenvalue weighted by Gasteiger charge is -2.04. The fourth-order valence-electron chi connectivity index (χ4n) is 1.41. The van der Waals surface area contributed by atoms with E-state index in [2.05, 4.69) is 9.97 Å². The first-order valence-corrected chi connectivity index (χ1v) is 5.88. The van der Waals surface area contributed by atoms with Crippen molar-refractivity contribution in [2.45, 2.75) is 6.92 Å². The standard InChI is InChI=1S/C11H9IN2O2/c1-2-16-10(15)8-5-3-4-7-6-13-11(12)14-9(7)8/h3-6H,2H2,1H3. The van der Waals surface area contributed by atoms with Crippen molar-refractivity contribution in [1.82, 2.24) is 9.97 Å². The van der Waals surface area contributed by atoms with Crippen LogP contribution in [-0.2, 0) is 4.74 Å². The number of halogens is 1. The van der Waals surface area contributed by atoms with Crippen molar-refractivity contribution in [3.63, 3.8) is 0 Å². The molecule has 4 nitrogen and oxygen atoms in total. The van der Waals surface area contributed by atoms with Crippen molar-refractivity contribution in [3.8, 4) is 0 Å². The summed E-state index contributed by atoms with van der Waals surface area (Å²) in [6.07, 6.45) is 1.70. The summed E-state index contributed by atoms with van der Waals surface area (Å²) < 4.78 is 5.59. The highest BCUT2D eigenvalue weighted by Crippen LogP contribution is 2.17. The van der Waals surface area contributed by atoms with E-state index in [-0.39, 0.29) is 5.97 Å². The number of rotatable bonds is 2. The first kappa shape index (κ1) is 11.3. The van der Waals surface area contributed by atoms with E-state index in [4.69, 9.17) is 4.74 Å². The van der Waals surface area contributed by atoms with Crippen LogP contribution in [0.5, 0.6) is 0 Å². The largest absolute Gasteiger partial charge is 0.462 e. The fraction of sp³-hybridized carbons (Fsp3) is 0.182. The molecular weight excluding hydrogens is 319 g/mol. The molecule has 0 radical (unpaired) electrons. The van der Waals surface area contributed by atoms with Gasteiger partial charge in [-0.05, 0) is 13.0 Å². The van der Waals surface area contributed by atoms with Crippen molar-refractivity contribution in [2.24, 2.45) is 0 Å². The summed E-state index contributed by atoms with van der Waals surface area (Å²) in [5, 5.41) is 0.839. The van der Waals surface area contributed by atoms with E-state index in [1.165, 1.54) is 0 Å². The van der Waals surface area contributed by atoms with Crippen LogP contribution in [-0.4, -0.2) is 22.5 Å². The van der Waals surface area contributed by atoms with Crippen LogP contribution in [0.25, 0.3) is 10.9 Å². The predicted molar refractivity (Wildman–Crippen MR) is 68.2 cm³/mol. The smallest absolute Gasteiger partial charge is 0.340 e. The summed E-state index contributed by atoms with van der Waals surface area (Å²) in [5.74, 6) is -0.345. The maximum atomic E-state index is 11.7. The first-order chi connectivity index (χ1) is 7.72. The molecule has 0 atom stereocenters. The third kappa shape index (κ3) is 2.13. The number of carbonyl (C=O) groups excluding carboxylic acids is 1. The fourth-order valence-corrected chi connectivity index (χ4v) is 1.79. The number of nitrogens with zero attached hydrogens (tertiary/aromatic N) is 2.